The summed E-state index contributed by atoms with van der Waals surface area (Å²) in [7, 11) is 0. The molecule has 2 aromatic rings. The Hall–Kier alpha value is -2.04. The van der Waals surface area contributed by atoms with Gasteiger partial charge in [-0.1, -0.05) is 47.5 Å². The molecule has 0 saturated carbocycles. The van der Waals surface area contributed by atoms with Crippen molar-refractivity contribution in [3.8, 4) is 0 Å². The average Bonchev–Trinajstić information content (AvgIpc) is 2.49. The standard InChI is InChI=1S/C15H10Cl2N2O2/c16-11-5-1-9(2-6-11)13-14(21-15(20)19-18-13)10-3-7-12(17)8-4-10/h1-8,14H,(H,19,20). The fourth-order valence-electron chi connectivity index (χ4n) is 2.05. The highest BCUT2D eigenvalue weighted by Gasteiger charge is 2.28. The highest BCUT2D eigenvalue weighted by atomic mass is 35.5. The summed E-state index contributed by atoms with van der Waals surface area (Å²) in [6, 6.07) is 14.3. The highest BCUT2D eigenvalue weighted by molar-refractivity contribution is 6.31. The van der Waals surface area contributed by atoms with Gasteiger partial charge in [0, 0.05) is 15.6 Å². The molecule has 1 heterocycles. The number of ether oxygens (including phenoxy) is 1. The van der Waals surface area contributed by atoms with Crippen LogP contribution in [0.2, 0.25) is 10.0 Å². The molecule has 1 aliphatic heterocycles. The molecule has 1 unspecified atom stereocenters. The Balaban J connectivity index is 2.01. The zero-order valence-electron chi connectivity index (χ0n) is 10.7. The number of carbonyl (C=O) groups is 1. The van der Waals surface area contributed by atoms with Crippen LogP contribution in [0.1, 0.15) is 17.2 Å². The lowest BCUT2D eigenvalue weighted by molar-refractivity contribution is 0.121. The summed E-state index contributed by atoms with van der Waals surface area (Å²) in [5, 5.41) is 5.35. The zero-order valence-corrected chi connectivity index (χ0v) is 12.2. The van der Waals surface area contributed by atoms with Crippen LogP contribution in [0.5, 0.6) is 0 Å². The quantitative estimate of drug-likeness (QED) is 0.902. The molecule has 1 aliphatic rings. The van der Waals surface area contributed by atoms with Crippen molar-refractivity contribution in [3.05, 3.63) is 69.7 Å². The third kappa shape index (κ3) is 3.01. The second kappa shape index (κ2) is 5.76. The Morgan fingerprint density at radius 2 is 1.52 bits per heavy atom. The van der Waals surface area contributed by atoms with E-state index in [0.29, 0.717) is 15.8 Å². The molecular formula is C15H10Cl2N2O2. The Kier molecular flexibility index (Phi) is 3.82. The lowest BCUT2D eigenvalue weighted by Gasteiger charge is -2.24. The minimum atomic E-state index is -0.590. The van der Waals surface area contributed by atoms with E-state index in [9.17, 15) is 4.79 Å². The molecule has 0 bridgehead atoms. The van der Waals surface area contributed by atoms with Gasteiger partial charge >= 0.3 is 6.09 Å². The maximum absolute atomic E-state index is 11.5. The number of hydrogen-bond donors (Lipinski definition) is 1. The molecule has 6 heteroatoms. The van der Waals surface area contributed by atoms with E-state index in [1.54, 1.807) is 36.4 Å². The molecule has 0 fully saturated rings. The molecule has 2 aromatic carbocycles. The van der Waals surface area contributed by atoms with Gasteiger partial charge in [0.25, 0.3) is 0 Å². The van der Waals surface area contributed by atoms with Gasteiger partial charge in [-0.3, -0.25) is 0 Å². The van der Waals surface area contributed by atoms with Crippen molar-refractivity contribution >= 4 is 35.0 Å². The maximum atomic E-state index is 11.5. The molecule has 1 N–H and O–H groups in total. The summed E-state index contributed by atoms with van der Waals surface area (Å²) in [5.74, 6) is 0. The van der Waals surface area contributed by atoms with Crippen LogP contribution in [0.15, 0.2) is 53.6 Å². The number of rotatable bonds is 2. The van der Waals surface area contributed by atoms with Crippen molar-refractivity contribution in [1.29, 1.82) is 0 Å². The number of cyclic esters (lactones) is 1. The fraction of sp³-hybridized carbons (Fsp3) is 0.0667. The first-order chi connectivity index (χ1) is 10.1. The van der Waals surface area contributed by atoms with Crippen LogP contribution in [0.25, 0.3) is 0 Å². The van der Waals surface area contributed by atoms with Gasteiger partial charge in [-0.15, -0.1) is 0 Å². The maximum Gasteiger partial charge on any atom is 0.428 e. The third-order valence-electron chi connectivity index (χ3n) is 3.05. The minimum Gasteiger partial charge on any atom is -0.433 e. The number of carbonyl (C=O) groups excluding carboxylic acids is 1. The molecule has 106 valence electrons. The minimum absolute atomic E-state index is 0.586. The second-order valence-electron chi connectivity index (χ2n) is 4.45. The van der Waals surface area contributed by atoms with Crippen LogP contribution >= 0.6 is 23.2 Å². The third-order valence-corrected chi connectivity index (χ3v) is 3.56. The van der Waals surface area contributed by atoms with Crippen molar-refractivity contribution in [3.63, 3.8) is 0 Å². The lowest BCUT2D eigenvalue weighted by atomic mass is 9.98. The molecule has 0 spiro atoms. The van der Waals surface area contributed by atoms with Crippen LogP contribution in [0.3, 0.4) is 0 Å². The normalized spacial score (nSPS) is 17.7. The smallest absolute Gasteiger partial charge is 0.428 e. The molecule has 21 heavy (non-hydrogen) atoms. The van der Waals surface area contributed by atoms with E-state index < -0.39 is 12.2 Å². The number of nitrogens with zero attached hydrogens (tertiary/aromatic N) is 1. The van der Waals surface area contributed by atoms with Crippen LogP contribution in [0, 0.1) is 0 Å². The van der Waals surface area contributed by atoms with Gasteiger partial charge in [0.1, 0.15) is 5.71 Å². The summed E-state index contributed by atoms with van der Waals surface area (Å²) in [6.07, 6.45) is -1.18. The summed E-state index contributed by atoms with van der Waals surface area (Å²) in [4.78, 5) is 11.5. The predicted molar refractivity (Wildman–Crippen MR) is 81.8 cm³/mol. The number of nitrogens with one attached hydrogen (secondary N) is 1. The molecule has 0 radical (unpaired) electrons. The molecular weight excluding hydrogens is 311 g/mol. The summed E-state index contributed by atoms with van der Waals surface area (Å²) in [6.45, 7) is 0. The molecule has 0 aliphatic carbocycles. The van der Waals surface area contributed by atoms with E-state index in [0.717, 1.165) is 11.1 Å². The predicted octanol–water partition coefficient (Wildman–Crippen LogP) is 4.18. The Labute approximate surface area is 131 Å². The number of hydrogen-bond acceptors (Lipinski definition) is 3. The molecule has 4 nitrogen and oxygen atoms in total. The zero-order chi connectivity index (χ0) is 14.8. The molecule has 0 aromatic heterocycles. The van der Waals surface area contributed by atoms with Gasteiger partial charge in [-0.2, -0.15) is 5.10 Å². The van der Waals surface area contributed by atoms with Gasteiger partial charge in [-0.25, -0.2) is 10.2 Å². The Morgan fingerprint density at radius 3 is 2.14 bits per heavy atom. The van der Waals surface area contributed by atoms with Crippen molar-refractivity contribution < 1.29 is 9.53 Å². The SMILES string of the molecule is O=C1NN=C(c2ccc(Cl)cc2)C(c2ccc(Cl)cc2)O1. The summed E-state index contributed by atoms with van der Waals surface area (Å²) >= 11 is 11.8. The first-order valence-corrected chi connectivity index (χ1v) is 6.95. The van der Waals surface area contributed by atoms with E-state index in [1.165, 1.54) is 0 Å². The fourth-order valence-corrected chi connectivity index (χ4v) is 2.31. The summed E-state index contributed by atoms with van der Waals surface area (Å²) in [5.41, 5.74) is 4.54. The number of hydrazone groups is 1. The Bertz CT molecular complexity index is 697. The molecule has 1 atom stereocenters. The van der Waals surface area contributed by atoms with Crippen molar-refractivity contribution in [1.82, 2.24) is 5.43 Å². The van der Waals surface area contributed by atoms with Crippen LogP contribution in [-0.4, -0.2) is 11.8 Å². The van der Waals surface area contributed by atoms with Crippen molar-refractivity contribution in [2.45, 2.75) is 6.10 Å². The lowest BCUT2D eigenvalue weighted by Crippen LogP contribution is -2.33. The first-order valence-electron chi connectivity index (χ1n) is 6.19. The van der Waals surface area contributed by atoms with E-state index in [4.69, 9.17) is 27.9 Å². The second-order valence-corrected chi connectivity index (χ2v) is 5.33. The van der Waals surface area contributed by atoms with E-state index in [-0.39, 0.29) is 0 Å². The van der Waals surface area contributed by atoms with Crippen molar-refractivity contribution in [2.24, 2.45) is 5.10 Å². The van der Waals surface area contributed by atoms with E-state index in [2.05, 4.69) is 10.5 Å². The average molecular weight is 321 g/mol. The van der Waals surface area contributed by atoms with Gasteiger partial charge in [0.05, 0.1) is 0 Å². The van der Waals surface area contributed by atoms with Gasteiger partial charge in [0.2, 0.25) is 0 Å². The largest absolute Gasteiger partial charge is 0.433 e. The van der Waals surface area contributed by atoms with Crippen molar-refractivity contribution in [2.75, 3.05) is 0 Å². The highest BCUT2D eigenvalue weighted by Crippen LogP contribution is 2.27. The number of benzene rings is 2. The van der Waals surface area contributed by atoms with Gasteiger partial charge in [0.15, 0.2) is 6.10 Å². The van der Waals surface area contributed by atoms with Crippen LogP contribution < -0.4 is 5.43 Å². The molecule has 1 amide bonds. The summed E-state index contributed by atoms with van der Waals surface area (Å²) < 4.78 is 5.35. The van der Waals surface area contributed by atoms with Gasteiger partial charge < -0.3 is 4.74 Å². The van der Waals surface area contributed by atoms with Crippen LogP contribution in [0.4, 0.5) is 4.79 Å². The molecule has 0 saturated heterocycles. The van der Waals surface area contributed by atoms with E-state index in [1.807, 2.05) is 12.1 Å². The van der Waals surface area contributed by atoms with Gasteiger partial charge in [-0.05, 0) is 29.8 Å². The van der Waals surface area contributed by atoms with Crippen LogP contribution in [-0.2, 0) is 4.74 Å². The number of amides is 1. The number of halogens is 2. The topological polar surface area (TPSA) is 50.7 Å². The molecule has 3 rings (SSSR count). The first kappa shape index (κ1) is 13.9. The van der Waals surface area contributed by atoms with E-state index >= 15 is 0 Å². The Morgan fingerprint density at radius 1 is 0.952 bits per heavy atom. The monoisotopic (exact) mass is 320 g/mol.